The van der Waals surface area contributed by atoms with E-state index >= 15 is 0 Å². The third-order valence-electron chi connectivity index (χ3n) is 6.08. The largest absolute Gasteiger partial charge is 0.339 e. The number of rotatable bonds is 3. The lowest BCUT2D eigenvalue weighted by atomic mass is 9.74. The van der Waals surface area contributed by atoms with Gasteiger partial charge < -0.3 is 4.90 Å². The number of hydrogen-bond acceptors (Lipinski definition) is 4. The number of nitrogens with zero attached hydrogens (tertiary/aromatic N) is 6. The van der Waals surface area contributed by atoms with Crippen molar-refractivity contribution >= 4 is 5.91 Å². The van der Waals surface area contributed by atoms with Crippen LogP contribution < -0.4 is 0 Å². The van der Waals surface area contributed by atoms with Crippen LogP contribution in [0.1, 0.15) is 36.3 Å². The van der Waals surface area contributed by atoms with Gasteiger partial charge in [-0.3, -0.25) is 19.1 Å². The van der Waals surface area contributed by atoms with Crippen molar-refractivity contribution in [2.24, 2.45) is 14.1 Å². The van der Waals surface area contributed by atoms with E-state index in [1.165, 1.54) is 11.1 Å². The molecule has 2 aromatic heterocycles. The lowest BCUT2D eigenvalue weighted by Gasteiger charge is -2.46. The lowest BCUT2D eigenvalue weighted by molar-refractivity contribution is -0.130. The van der Waals surface area contributed by atoms with Crippen molar-refractivity contribution in [3.63, 3.8) is 0 Å². The van der Waals surface area contributed by atoms with Crippen LogP contribution in [0.4, 0.5) is 0 Å². The van der Waals surface area contributed by atoms with Gasteiger partial charge in [0.05, 0.1) is 17.9 Å². The first-order chi connectivity index (χ1) is 12.0. The summed E-state index contributed by atoms with van der Waals surface area (Å²) in [5, 5.41) is 8.59. The maximum absolute atomic E-state index is 12.5. The van der Waals surface area contributed by atoms with Crippen LogP contribution in [0, 0.1) is 0 Å². The number of aromatic nitrogens is 4. The highest BCUT2D eigenvalue weighted by atomic mass is 16.2. The summed E-state index contributed by atoms with van der Waals surface area (Å²) >= 11 is 0. The smallest absolute Gasteiger partial charge is 0.223 e. The van der Waals surface area contributed by atoms with Gasteiger partial charge in [-0.1, -0.05) is 0 Å². The van der Waals surface area contributed by atoms with Gasteiger partial charge in [0.25, 0.3) is 0 Å². The van der Waals surface area contributed by atoms with E-state index in [0.29, 0.717) is 6.42 Å². The van der Waals surface area contributed by atoms with E-state index in [-0.39, 0.29) is 17.4 Å². The van der Waals surface area contributed by atoms with Gasteiger partial charge in [0.1, 0.15) is 0 Å². The first kappa shape index (κ1) is 16.3. The summed E-state index contributed by atoms with van der Waals surface area (Å²) in [7, 11) is 5.87. The van der Waals surface area contributed by atoms with Crippen molar-refractivity contribution in [1.29, 1.82) is 0 Å². The molecule has 7 nitrogen and oxygen atoms in total. The second-order valence-electron chi connectivity index (χ2n) is 7.56. The molecule has 0 N–H and O–H groups in total. The standard InChI is InChI=1S/C18H26N6O/c1-21-11-14(9-19-21)12-24-6-4-18(5-7-24)16(8-17(25)23(18)3)15-10-20-22(2)13-15/h9-11,13,16H,4-8,12H2,1-3H3. The molecule has 1 spiro atoms. The maximum Gasteiger partial charge on any atom is 0.223 e. The number of likely N-dealkylation sites (tertiary alicyclic amines) is 2. The Morgan fingerprint density at radius 3 is 2.36 bits per heavy atom. The highest BCUT2D eigenvalue weighted by Gasteiger charge is 2.52. The molecule has 4 heterocycles. The highest BCUT2D eigenvalue weighted by Crippen LogP contribution is 2.48. The van der Waals surface area contributed by atoms with Crippen LogP contribution in [0.25, 0.3) is 0 Å². The lowest BCUT2D eigenvalue weighted by Crippen LogP contribution is -2.53. The minimum Gasteiger partial charge on any atom is -0.339 e. The van der Waals surface area contributed by atoms with Gasteiger partial charge in [0, 0.05) is 71.1 Å². The summed E-state index contributed by atoms with van der Waals surface area (Å²) in [6.07, 6.45) is 10.6. The Balaban J connectivity index is 1.51. The molecule has 0 saturated carbocycles. The SMILES string of the molecule is CN1C(=O)CC(c2cnn(C)c2)C12CCN(Cc1cnn(C)c1)CC2. The van der Waals surface area contributed by atoms with Crippen molar-refractivity contribution in [1.82, 2.24) is 29.4 Å². The Kier molecular flexibility index (Phi) is 3.91. The fourth-order valence-electron chi connectivity index (χ4n) is 4.63. The minimum atomic E-state index is -0.0639. The van der Waals surface area contributed by atoms with E-state index in [9.17, 15) is 4.79 Å². The Labute approximate surface area is 148 Å². The van der Waals surface area contributed by atoms with Gasteiger partial charge in [-0.2, -0.15) is 10.2 Å². The van der Waals surface area contributed by atoms with Gasteiger partial charge in [0.15, 0.2) is 0 Å². The van der Waals surface area contributed by atoms with Crippen LogP contribution in [0.2, 0.25) is 0 Å². The van der Waals surface area contributed by atoms with E-state index in [4.69, 9.17) is 0 Å². The molecular weight excluding hydrogens is 316 g/mol. The van der Waals surface area contributed by atoms with E-state index in [1.807, 2.05) is 47.8 Å². The maximum atomic E-state index is 12.5. The topological polar surface area (TPSA) is 59.2 Å². The molecule has 0 bridgehead atoms. The third kappa shape index (κ3) is 2.76. The second kappa shape index (κ2) is 5.98. The molecule has 0 radical (unpaired) electrons. The van der Waals surface area contributed by atoms with Crippen LogP contribution in [0.3, 0.4) is 0 Å². The molecular formula is C18H26N6O. The first-order valence-corrected chi connectivity index (χ1v) is 8.93. The van der Waals surface area contributed by atoms with Gasteiger partial charge in [-0.15, -0.1) is 0 Å². The fraction of sp³-hybridized carbons (Fsp3) is 0.611. The Morgan fingerprint density at radius 1 is 1.08 bits per heavy atom. The molecule has 1 atom stereocenters. The number of likely N-dealkylation sites (N-methyl/N-ethyl adjacent to an activating group) is 1. The number of carbonyl (C=O) groups is 1. The third-order valence-corrected chi connectivity index (χ3v) is 6.08. The fourth-order valence-corrected chi connectivity index (χ4v) is 4.63. The number of carbonyl (C=O) groups excluding carboxylic acids is 1. The van der Waals surface area contributed by atoms with Crippen molar-refractivity contribution in [2.45, 2.75) is 37.3 Å². The van der Waals surface area contributed by atoms with Gasteiger partial charge >= 0.3 is 0 Å². The summed E-state index contributed by atoms with van der Waals surface area (Å²) < 4.78 is 3.69. The average molecular weight is 342 g/mol. The summed E-state index contributed by atoms with van der Waals surface area (Å²) in [5.41, 5.74) is 2.38. The second-order valence-corrected chi connectivity index (χ2v) is 7.56. The highest BCUT2D eigenvalue weighted by molar-refractivity contribution is 5.81. The van der Waals surface area contributed by atoms with E-state index in [0.717, 1.165) is 32.5 Å². The molecule has 0 aromatic carbocycles. The van der Waals surface area contributed by atoms with Crippen LogP contribution >= 0.6 is 0 Å². The van der Waals surface area contributed by atoms with E-state index < -0.39 is 0 Å². The molecule has 2 saturated heterocycles. The summed E-state index contributed by atoms with van der Waals surface area (Å²) in [4.78, 5) is 17.0. The molecule has 2 aliphatic heterocycles. The Morgan fingerprint density at radius 2 is 1.76 bits per heavy atom. The number of piperidine rings is 1. The quantitative estimate of drug-likeness (QED) is 0.839. The molecule has 25 heavy (non-hydrogen) atoms. The molecule has 1 unspecified atom stereocenters. The summed E-state index contributed by atoms with van der Waals surface area (Å²) in [6, 6.07) is 0. The Hall–Kier alpha value is -2.15. The molecule has 2 aromatic rings. The normalized spacial score (nSPS) is 23.7. The van der Waals surface area contributed by atoms with E-state index in [1.54, 1.807) is 0 Å². The van der Waals surface area contributed by atoms with Crippen molar-refractivity contribution < 1.29 is 4.79 Å². The monoisotopic (exact) mass is 342 g/mol. The van der Waals surface area contributed by atoms with E-state index in [2.05, 4.69) is 27.5 Å². The molecule has 7 heteroatoms. The van der Waals surface area contributed by atoms with Gasteiger partial charge in [0.2, 0.25) is 5.91 Å². The number of amides is 1. The zero-order chi connectivity index (χ0) is 17.6. The zero-order valence-electron chi connectivity index (χ0n) is 15.2. The molecule has 0 aliphatic carbocycles. The van der Waals surface area contributed by atoms with Gasteiger partial charge in [-0.05, 0) is 18.4 Å². The molecule has 134 valence electrons. The van der Waals surface area contributed by atoms with Crippen molar-refractivity contribution in [2.75, 3.05) is 20.1 Å². The average Bonchev–Trinajstić information content (AvgIpc) is 3.26. The summed E-state index contributed by atoms with van der Waals surface area (Å²) in [5.74, 6) is 0.508. The summed E-state index contributed by atoms with van der Waals surface area (Å²) in [6.45, 7) is 2.94. The molecule has 2 aliphatic rings. The van der Waals surface area contributed by atoms with Crippen LogP contribution in [-0.4, -0.2) is 60.9 Å². The predicted octanol–water partition coefficient (Wildman–Crippen LogP) is 1.13. The van der Waals surface area contributed by atoms with Crippen molar-refractivity contribution in [3.05, 3.63) is 35.9 Å². The number of hydrogen-bond donors (Lipinski definition) is 0. The number of aryl methyl sites for hydroxylation is 2. The van der Waals surface area contributed by atoms with Crippen LogP contribution in [0.5, 0.6) is 0 Å². The Bertz CT molecular complexity index is 770. The molecule has 1 amide bonds. The molecule has 2 fully saturated rings. The molecule has 4 rings (SSSR count). The van der Waals surface area contributed by atoms with Crippen LogP contribution in [-0.2, 0) is 25.4 Å². The predicted molar refractivity (Wildman–Crippen MR) is 93.8 cm³/mol. The van der Waals surface area contributed by atoms with Crippen LogP contribution in [0.15, 0.2) is 24.8 Å². The first-order valence-electron chi connectivity index (χ1n) is 8.93. The van der Waals surface area contributed by atoms with Gasteiger partial charge in [-0.25, -0.2) is 0 Å². The van der Waals surface area contributed by atoms with Crippen molar-refractivity contribution in [3.8, 4) is 0 Å². The minimum absolute atomic E-state index is 0.0639. The zero-order valence-corrected chi connectivity index (χ0v) is 15.2.